The second-order valence-electron chi connectivity index (χ2n) is 3.56. The van der Waals surface area contributed by atoms with Crippen LogP contribution in [0.1, 0.15) is 0 Å². The van der Waals surface area contributed by atoms with E-state index >= 15 is 0 Å². The molecule has 0 spiro atoms. The van der Waals surface area contributed by atoms with Gasteiger partial charge in [-0.25, -0.2) is 4.68 Å². The first kappa shape index (κ1) is 9.43. The molecule has 1 heterocycles. The maximum Gasteiger partial charge on any atom is 0.140 e. The monoisotopic (exact) mass is 228 g/mol. The highest BCUT2D eigenvalue weighted by molar-refractivity contribution is 6.34. The van der Waals surface area contributed by atoms with Crippen LogP contribution in [-0.2, 0) is 0 Å². The fourth-order valence-electron chi connectivity index (χ4n) is 1.74. The van der Waals surface area contributed by atoms with E-state index in [9.17, 15) is 0 Å². The summed E-state index contributed by atoms with van der Waals surface area (Å²) in [6.45, 7) is 0. The first-order valence-corrected chi connectivity index (χ1v) is 5.43. The lowest BCUT2D eigenvalue weighted by molar-refractivity contribution is 0.897. The maximum absolute atomic E-state index is 6.29. The number of halogens is 1. The zero-order valence-electron chi connectivity index (χ0n) is 8.47. The van der Waals surface area contributed by atoms with Crippen LogP contribution in [0, 0.1) is 0 Å². The fourth-order valence-corrected chi connectivity index (χ4v) is 2.04. The number of benzene rings is 2. The van der Waals surface area contributed by atoms with Gasteiger partial charge in [-0.15, -0.1) is 0 Å². The smallest absolute Gasteiger partial charge is 0.140 e. The molecule has 2 nitrogen and oxygen atoms in total. The van der Waals surface area contributed by atoms with Crippen LogP contribution in [0.5, 0.6) is 0 Å². The van der Waals surface area contributed by atoms with E-state index in [2.05, 4.69) is 5.10 Å². The van der Waals surface area contributed by atoms with E-state index in [4.69, 9.17) is 11.6 Å². The van der Waals surface area contributed by atoms with Gasteiger partial charge in [0.1, 0.15) is 5.15 Å². The Morgan fingerprint density at radius 3 is 2.31 bits per heavy atom. The summed E-state index contributed by atoms with van der Waals surface area (Å²) in [7, 11) is 0. The molecule has 16 heavy (non-hydrogen) atoms. The minimum absolute atomic E-state index is 0.654. The molecule has 0 aliphatic carbocycles. The summed E-state index contributed by atoms with van der Waals surface area (Å²) in [4.78, 5) is 0. The Kier molecular flexibility index (Phi) is 2.15. The molecular weight excluding hydrogens is 220 g/mol. The molecule has 0 atom stereocenters. The Hall–Kier alpha value is -1.80. The van der Waals surface area contributed by atoms with Crippen molar-refractivity contribution in [3.8, 4) is 5.69 Å². The summed E-state index contributed by atoms with van der Waals surface area (Å²) in [5.41, 5.74) is 1.89. The average molecular weight is 229 g/mol. The van der Waals surface area contributed by atoms with Gasteiger partial charge in [0.2, 0.25) is 0 Å². The highest BCUT2D eigenvalue weighted by Crippen LogP contribution is 2.25. The van der Waals surface area contributed by atoms with Gasteiger partial charge in [-0.1, -0.05) is 41.9 Å². The number of para-hydroxylation sites is 1. The SMILES string of the molecule is Clc1c2ccccc2nn1-c1ccccc1. The summed E-state index contributed by atoms with van der Waals surface area (Å²) in [6.07, 6.45) is 0. The molecule has 0 aliphatic rings. The minimum Gasteiger partial charge on any atom is -0.221 e. The Morgan fingerprint density at radius 1 is 0.875 bits per heavy atom. The largest absolute Gasteiger partial charge is 0.221 e. The van der Waals surface area contributed by atoms with Gasteiger partial charge < -0.3 is 0 Å². The van der Waals surface area contributed by atoms with Crippen molar-refractivity contribution in [2.75, 3.05) is 0 Å². The first-order chi connectivity index (χ1) is 7.86. The van der Waals surface area contributed by atoms with Crippen LogP contribution in [0.4, 0.5) is 0 Å². The van der Waals surface area contributed by atoms with Crippen LogP contribution < -0.4 is 0 Å². The molecule has 3 heteroatoms. The predicted molar refractivity (Wildman–Crippen MR) is 66.1 cm³/mol. The summed E-state index contributed by atoms with van der Waals surface area (Å²) in [5.74, 6) is 0. The molecule has 0 N–H and O–H groups in total. The van der Waals surface area contributed by atoms with Crippen LogP contribution in [0.2, 0.25) is 5.15 Å². The topological polar surface area (TPSA) is 17.8 Å². The van der Waals surface area contributed by atoms with Crippen molar-refractivity contribution in [3.63, 3.8) is 0 Å². The number of fused-ring (bicyclic) bond motifs is 1. The molecule has 0 aliphatic heterocycles. The lowest BCUT2D eigenvalue weighted by atomic mass is 10.3. The van der Waals surface area contributed by atoms with Gasteiger partial charge in [-0.2, -0.15) is 5.10 Å². The lowest BCUT2D eigenvalue weighted by Gasteiger charge is -2.01. The molecule has 0 bridgehead atoms. The van der Waals surface area contributed by atoms with Gasteiger partial charge in [0.25, 0.3) is 0 Å². The minimum atomic E-state index is 0.654. The van der Waals surface area contributed by atoms with Crippen molar-refractivity contribution in [1.82, 2.24) is 9.78 Å². The third-order valence-corrected chi connectivity index (χ3v) is 2.88. The summed E-state index contributed by atoms with van der Waals surface area (Å²) < 4.78 is 1.76. The van der Waals surface area contributed by atoms with E-state index in [-0.39, 0.29) is 0 Å². The van der Waals surface area contributed by atoms with Crippen molar-refractivity contribution >= 4 is 22.5 Å². The van der Waals surface area contributed by atoms with E-state index < -0.39 is 0 Å². The number of nitrogens with zero attached hydrogens (tertiary/aromatic N) is 2. The number of aromatic nitrogens is 2. The molecule has 0 fully saturated rings. The zero-order valence-corrected chi connectivity index (χ0v) is 9.22. The first-order valence-electron chi connectivity index (χ1n) is 5.05. The molecule has 78 valence electrons. The van der Waals surface area contributed by atoms with E-state index in [0.717, 1.165) is 16.6 Å². The lowest BCUT2D eigenvalue weighted by Crippen LogP contribution is -1.94. The zero-order chi connectivity index (χ0) is 11.0. The van der Waals surface area contributed by atoms with E-state index in [1.165, 1.54) is 0 Å². The van der Waals surface area contributed by atoms with Gasteiger partial charge >= 0.3 is 0 Å². The highest BCUT2D eigenvalue weighted by atomic mass is 35.5. The maximum atomic E-state index is 6.29. The van der Waals surface area contributed by atoms with Gasteiger partial charge in [-0.3, -0.25) is 0 Å². The third kappa shape index (κ3) is 1.39. The number of hydrogen-bond donors (Lipinski definition) is 0. The molecule has 0 unspecified atom stereocenters. The molecular formula is C13H9ClN2. The van der Waals surface area contributed by atoms with Gasteiger partial charge in [0, 0.05) is 5.39 Å². The standard InChI is InChI=1S/C13H9ClN2/c14-13-11-8-4-5-9-12(11)15-16(13)10-6-2-1-3-7-10/h1-9H. The Labute approximate surface area is 98.1 Å². The van der Waals surface area contributed by atoms with Crippen LogP contribution >= 0.6 is 11.6 Å². The van der Waals surface area contributed by atoms with Crippen LogP contribution in [0.15, 0.2) is 54.6 Å². The molecule has 0 amide bonds. The number of rotatable bonds is 1. The van der Waals surface area contributed by atoms with Gasteiger partial charge in [-0.05, 0) is 24.3 Å². The van der Waals surface area contributed by atoms with Crippen molar-refractivity contribution in [1.29, 1.82) is 0 Å². The summed E-state index contributed by atoms with van der Waals surface area (Å²) in [6, 6.07) is 17.7. The quantitative estimate of drug-likeness (QED) is 0.621. The van der Waals surface area contributed by atoms with Crippen LogP contribution in [0.25, 0.3) is 16.6 Å². The van der Waals surface area contributed by atoms with Crippen LogP contribution in [-0.4, -0.2) is 9.78 Å². The van der Waals surface area contributed by atoms with E-state index in [1.54, 1.807) is 4.68 Å². The predicted octanol–water partition coefficient (Wildman–Crippen LogP) is 3.68. The Morgan fingerprint density at radius 2 is 1.56 bits per heavy atom. The van der Waals surface area contributed by atoms with E-state index in [1.807, 2.05) is 54.6 Å². The Bertz CT molecular complexity index is 629. The van der Waals surface area contributed by atoms with Crippen molar-refractivity contribution < 1.29 is 0 Å². The molecule has 3 rings (SSSR count). The van der Waals surface area contributed by atoms with Crippen molar-refractivity contribution in [2.24, 2.45) is 0 Å². The molecule has 0 radical (unpaired) electrons. The average Bonchev–Trinajstić information content (AvgIpc) is 2.69. The third-order valence-electron chi connectivity index (χ3n) is 2.52. The Balaban J connectivity index is 2.29. The molecule has 1 aromatic heterocycles. The van der Waals surface area contributed by atoms with Crippen molar-refractivity contribution in [2.45, 2.75) is 0 Å². The normalized spacial score (nSPS) is 10.8. The second kappa shape index (κ2) is 3.65. The van der Waals surface area contributed by atoms with E-state index in [0.29, 0.717) is 5.15 Å². The van der Waals surface area contributed by atoms with Gasteiger partial charge in [0.15, 0.2) is 0 Å². The summed E-state index contributed by atoms with van der Waals surface area (Å²) in [5, 5.41) is 6.10. The molecule has 3 aromatic rings. The van der Waals surface area contributed by atoms with Crippen molar-refractivity contribution in [3.05, 3.63) is 59.8 Å². The second-order valence-corrected chi connectivity index (χ2v) is 3.91. The highest BCUT2D eigenvalue weighted by Gasteiger charge is 2.08. The fraction of sp³-hybridized carbons (Fsp3) is 0. The molecule has 2 aromatic carbocycles. The van der Waals surface area contributed by atoms with Crippen LogP contribution in [0.3, 0.4) is 0 Å². The van der Waals surface area contributed by atoms with Gasteiger partial charge in [0.05, 0.1) is 11.2 Å². The molecule has 0 saturated carbocycles. The number of hydrogen-bond acceptors (Lipinski definition) is 1. The summed E-state index contributed by atoms with van der Waals surface area (Å²) >= 11 is 6.29. The molecule has 0 saturated heterocycles.